The molecule has 1 saturated carbocycles. The number of benzene rings is 1. The number of nitrogens with one attached hydrogen (secondary N) is 1. The second-order valence-electron chi connectivity index (χ2n) is 5.44. The Bertz CT molecular complexity index is 401. The van der Waals surface area contributed by atoms with Gasteiger partial charge in [0.25, 0.3) is 0 Å². The molecule has 1 aliphatic carbocycles. The third kappa shape index (κ3) is 3.53. The van der Waals surface area contributed by atoms with Gasteiger partial charge in [-0.3, -0.25) is 0 Å². The zero-order chi connectivity index (χ0) is 13.0. The molecular formula is C15H22FNO. The largest absolute Gasteiger partial charge is 0.385 e. The zero-order valence-electron chi connectivity index (χ0n) is 11.3. The normalized spacial score (nSPS) is 16.8. The molecule has 1 aromatic rings. The summed E-state index contributed by atoms with van der Waals surface area (Å²) in [6, 6.07) is 5.26. The highest BCUT2D eigenvalue weighted by atomic mass is 19.1. The lowest BCUT2D eigenvalue weighted by Gasteiger charge is -2.15. The van der Waals surface area contributed by atoms with Crippen LogP contribution >= 0.6 is 0 Å². The molecule has 1 N–H and O–H groups in total. The van der Waals surface area contributed by atoms with Crippen molar-refractivity contribution in [3.8, 4) is 0 Å². The number of hydrogen-bond donors (Lipinski definition) is 1. The van der Waals surface area contributed by atoms with Gasteiger partial charge in [0.05, 0.1) is 0 Å². The fourth-order valence-corrected chi connectivity index (χ4v) is 2.31. The van der Waals surface area contributed by atoms with E-state index in [9.17, 15) is 4.39 Å². The van der Waals surface area contributed by atoms with Crippen LogP contribution in [0.5, 0.6) is 0 Å². The second kappa shape index (κ2) is 5.81. The molecule has 0 aromatic heterocycles. The summed E-state index contributed by atoms with van der Waals surface area (Å²) in [5.74, 6) is -0.116. The maximum Gasteiger partial charge on any atom is 0.127 e. The molecule has 0 aliphatic heterocycles. The van der Waals surface area contributed by atoms with Crippen LogP contribution in [0, 0.1) is 18.2 Å². The second-order valence-corrected chi connectivity index (χ2v) is 5.44. The molecule has 0 unspecified atom stereocenters. The van der Waals surface area contributed by atoms with Crippen molar-refractivity contribution in [1.82, 2.24) is 5.32 Å². The zero-order valence-corrected chi connectivity index (χ0v) is 11.3. The molecule has 0 spiro atoms. The minimum absolute atomic E-state index is 0.116. The molecule has 0 heterocycles. The number of hydrogen-bond acceptors (Lipinski definition) is 2. The van der Waals surface area contributed by atoms with Crippen LogP contribution in [0.25, 0.3) is 0 Å². The van der Waals surface area contributed by atoms with Crippen LogP contribution in [0.1, 0.15) is 30.4 Å². The molecule has 3 heteroatoms. The number of aryl methyl sites for hydroxylation is 1. The molecule has 0 radical (unpaired) electrons. The molecule has 0 amide bonds. The maximum atomic E-state index is 13.5. The molecule has 0 bridgehead atoms. The van der Waals surface area contributed by atoms with Crippen LogP contribution in [0.15, 0.2) is 18.2 Å². The van der Waals surface area contributed by atoms with Gasteiger partial charge in [-0.2, -0.15) is 0 Å². The third-order valence-corrected chi connectivity index (χ3v) is 3.81. The van der Waals surface area contributed by atoms with E-state index in [1.54, 1.807) is 19.2 Å². The van der Waals surface area contributed by atoms with Crippen molar-refractivity contribution in [1.29, 1.82) is 0 Å². The third-order valence-electron chi connectivity index (χ3n) is 3.81. The van der Waals surface area contributed by atoms with Gasteiger partial charge in [-0.1, -0.05) is 17.7 Å². The molecule has 1 aromatic carbocycles. The molecule has 0 atom stereocenters. The minimum atomic E-state index is -0.116. The Morgan fingerprint density at radius 3 is 2.83 bits per heavy atom. The Morgan fingerprint density at radius 2 is 2.17 bits per heavy atom. The molecule has 2 nitrogen and oxygen atoms in total. The first-order valence-electron chi connectivity index (χ1n) is 6.60. The Hall–Kier alpha value is -0.930. The van der Waals surface area contributed by atoms with Gasteiger partial charge in [0.1, 0.15) is 5.82 Å². The van der Waals surface area contributed by atoms with Gasteiger partial charge in [-0.25, -0.2) is 4.39 Å². The van der Waals surface area contributed by atoms with Crippen molar-refractivity contribution in [2.24, 2.45) is 5.41 Å². The van der Waals surface area contributed by atoms with Gasteiger partial charge in [0.15, 0.2) is 0 Å². The van der Waals surface area contributed by atoms with Gasteiger partial charge in [0.2, 0.25) is 0 Å². The first kappa shape index (κ1) is 13.5. The summed E-state index contributed by atoms with van der Waals surface area (Å²) in [6.07, 6.45) is 3.63. The topological polar surface area (TPSA) is 21.3 Å². The number of halogens is 1. The maximum absolute atomic E-state index is 13.5. The van der Waals surface area contributed by atoms with E-state index in [2.05, 4.69) is 5.32 Å². The molecular weight excluding hydrogens is 229 g/mol. The van der Waals surface area contributed by atoms with Gasteiger partial charge >= 0.3 is 0 Å². The summed E-state index contributed by atoms with van der Waals surface area (Å²) < 4.78 is 18.7. The Kier molecular flexibility index (Phi) is 4.36. The van der Waals surface area contributed by atoms with Crippen molar-refractivity contribution < 1.29 is 9.13 Å². The summed E-state index contributed by atoms with van der Waals surface area (Å²) >= 11 is 0. The highest BCUT2D eigenvalue weighted by molar-refractivity contribution is 5.23. The Labute approximate surface area is 109 Å². The van der Waals surface area contributed by atoms with Crippen molar-refractivity contribution in [2.75, 3.05) is 20.3 Å². The van der Waals surface area contributed by atoms with E-state index >= 15 is 0 Å². The van der Waals surface area contributed by atoms with Gasteiger partial charge in [-0.05, 0) is 37.7 Å². The first-order valence-corrected chi connectivity index (χ1v) is 6.60. The van der Waals surface area contributed by atoms with Crippen LogP contribution in [0.3, 0.4) is 0 Å². The number of ether oxygens (including phenoxy) is 1. The van der Waals surface area contributed by atoms with Gasteiger partial charge in [-0.15, -0.1) is 0 Å². The van der Waals surface area contributed by atoms with E-state index in [4.69, 9.17) is 4.74 Å². The average Bonchev–Trinajstić information content (AvgIpc) is 3.12. The SMILES string of the molecule is COCCC1(CNCc2cc(C)ccc2F)CC1. The molecule has 1 fully saturated rings. The Balaban J connectivity index is 1.80. The van der Waals surface area contributed by atoms with Crippen LogP contribution in [-0.4, -0.2) is 20.3 Å². The summed E-state index contributed by atoms with van der Waals surface area (Å²) in [6.45, 7) is 4.39. The fourth-order valence-electron chi connectivity index (χ4n) is 2.31. The molecule has 18 heavy (non-hydrogen) atoms. The molecule has 1 aliphatic rings. The number of rotatable bonds is 7. The highest BCUT2D eigenvalue weighted by Crippen LogP contribution is 2.48. The molecule has 2 rings (SSSR count). The van der Waals surface area contributed by atoms with Crippen molar-refractivity contribution in [3.05, 3.63) is 35.1 Å². The lowest BCUT2D eigenvalue weighted by molar-refractivity contribution is 0.171. The van der Waals surface area contributed by atoms with Crippen LogP contribution in [0.4, 0.5) is 4.39 Å². The smallest absolute Gasteiger partial charge is 0.127 e. The average molecular weight is 251 g/mol. The summed E-state index contributed by atoms with van der Waals surface area (Å²) in [7, 11) is 1.74. The van der Waals surface area contributed by atoms with E-state index in [-0.39, 0.29) is 5.82 Å². The van der Waals surface area contributed by atoms with Crippen LogP contribution in [-0.2, 0) is 11.3 Å². The summed E-state index contributed by atoms with van der Waals surface area (Å²) in [5, 5.41) is 3.39. The van der Waals surface area contributed by atoms with E-state index in [1.807, 2.05) is 13.0 Å². The van der Waals surface area contributed by atoms with Crippen molar-refractivity contribution in [3.63, 3.8) is 0 Å². The van der Waals surface area contributed by atoms with Crippen LogP contribution < -0.4 is 5.32 Å². The van der Waals surface area contributed by atoms with Gasteiger partial charge in [0, 0.05) is 32.4 Å². The van der Waals surface area contributed by atoms with E-state index in [1.165, 1.54) is 12.8 Å². The first-order chi connectivity index (χ1) is 8.65. The van der Waals surface area contributed by atoms with Crippen LogP contribution in [0.2, 0.25) is 0 Å². The molecule has 0 saturated heterocycles. The minimum Gasteiger partial charge on any atom is -0.385 e. The van der Waals surface area contributed by atoms with E-state index in [0.29, 0.717) is 12.0 Å². The fraction of sp³-hybridized carbons (Fsp3) is 0.600. The van der Waals surface area contributed by atoms with Crippen molar-refractivity contribution >= 4 is 0 Å². The summed E-state index contributed by atoms with van der Waals surface area (Å²) in [4.78, 5) is 0. The monoisotopic (exact) mass is 251 g/mol. The summed E-state index contributed by atoms with van der Waals surface area (Å²) in [5.41, 5.74) is 2.28. The van der Waals surface area contributed by atoms with E-state index in [0.717, 1.165) is 30.7 Å². The highest BCUT2D eigenvalue weighted by Gasteiger charge is 2.41. The van der Waals surface area contributed by atoms with E-state index < -0.39 is 0 Å². The quantitative estimate of drug-likeness (QED) is 0.804. The standard InChI is InChI=1S/C15H22FNO/c1-12-3-4-14(16)13(9-12)10-17-11-15(5-6-15)7-8-18-2/h3-4,9,17H,5-8,10-11H2,1-2H3. The Morgan fingerprint density at radius 1 is 1.39 bits per heavy atom. The predicted molar refractivity (Wildman–Crippen MR) is 71.0 cm³/mol. The molecule has 100 valence electrons. The predicted octanol–water partition coefficient (Wildman–Crippen LogP) is 3.04. The number of methoxy groups -OCH3 is 1. The van der Waals surface area contributed by atoms with Gasteiger partial charge < -0.3 is 10.1 Å². The lowest BCUT2D eigenvalue weighted by atomic mass is 10.0. The lowest BCUT2D eigenvalue weighted by Crippen LogP contribution is -2.25. The van der Waals surface area contributed by atoms with Crippen molar-refractivity contribution in [2.45, 2.75) is 32.7 Å².